The van der Waals surface area contributed by atoms with Crippen molar-refractivity contribution < 1.29 is 34.0 Å². The van der Waals surface area contributed by atoms with Gasteiger partial charge in [-0.3, -0.25) is 0 Å². The molecule has 4 aromatic carbocycles. The minimum Gasteiger partial charge on any atom is -0.478 e. The molecule has 5 aromatic rings. The maximum atomic E-state index is 12.9. The normalized spacial score (nSPS) is 18.7. The molecular formula is C38H35N3O7S. The maximum Gasteiger partial charge on any atom is 0.338 e. The zero-order valence-corrected chi connectivity index (χ0v) is 27.4. The van der Waals surface area contributed by atoms with Gasteiger partial charge in [0, 0.05) is 34.8 Å². The Hall–Kier alpha value is -5.20. The lowest BCUT2D eigenvalue weighted by Gasteiger charge is -2.41. The van der Waals surface area contributed by atoms with Crippen molar-refractivity contribution in [3.63, 3.8) is 0 Å². The molecule has 1 aromatic heterocycles. The van der Waals surface area contributed by atoms with E-state index < -0.39 is 18.3 Å². The number of hydrogen-bond donors (Lipinski definition) is 4. The van der Waals surface area contributed by atoms with Crippen LogP contribution in [0.4, 0.5) is 16.2 Å². The maximum absolute atomic E-state index is 12.9. The quantitative estimate of drug-likeness (QED) is 0.102. The Labute approximate surface area is 288 Å². The van der Waals surface area contributed by atoms with E-state index in [0.717, 1.165) is 16.9 Å². The first kappa shape index (κ1) is 33.7. The molecule has 0 unspecified atom stereocenters. The Bertz CT molecular complexity index is 1870. The summed E-state index contributed by atoms with van der Waals surface area (Å²) in [5.41, 5.74) is 3.68. The molecule has 0 saturated carbocycles. The number of urea groups is 1. The van der Waals surface area contributed by atoms with Gasteiger partial charge in [0.1, 0.15) is 16.5 Å². The third kappa shape index (κ3) is 8.64. The molecule has 0 bridgehead atoms. The number of amides is 2. The molecular weight excluding hydrogens is 642 g/mol. The molecule has 0 spiro atoms. The number of aromatic nitrogens is 1. The molecule has 2 amide bonds. The van der Waals surface area contributed by atoms with Gasteiger partial charge in [0.2, 0.25) is 0 Å². The summed E-state index contributed by atoms with van der Waals surface area (Å²) in [4.78, 5) is 29.0. The number of aromatic carboxylic acids is 1. The van der Waals surface area contributed by atoms with E-state index in [-0.39, 0.29) is 30.3 Å². The first-order valence-electron chi connectivity index (χ1n) is 15.7. The van der Waals surface area contributed by atoms with E-state index >= 15 is 0 Å². The SMILES string of the molecule is C[C@@H]1[C@H](CSc2ncccc2C(=O)O)O[C@H](c2cccc(NC(=O)Nc3ccc(Oc4ccccc4)cc3)c2)O[C@@H]1c1ccc(CO)cc1. The molecule has 4 N–H and O–H groups in total. The van der Waals surface area contributed by atoms with Gasteiger partial charge in [0.05, 0.1) is 24.4 Å². The number of aliphatic hydroxyl groups is 1. The van der Waals surface area contributed by atoms with Gasteiger partial charge in [0.25, 0.3) is 0 Å². The number of anilines is 2. The molecule has 0 aliphatic carbocycles. The van der Waals surface area contributed by atoms with E-state index in [1.54, 1.807) is 48.7 Å². The molecule has 1 saturated heterocycles. The van der Waals surface area contributed by atoms with Crippen LogP contribution in [-0.4, -0.2) is 39.1 Å². The molecule has 6 rings (SSSR count). The van der Waals surface area contributed by atoms with Crippen LogP contribution in [0.3, 0.4) is 0 Å². The molecule has 2 heterocycles. The topological polar surface area (TPSA) is 139 Å². The minimum absolute atomic E-state index is 0.0658. The second kappa shape index (κ2) is 15.8. The van der Waals surface area contributed by atoms with Gasteiger partial charge in [0.15, 0.2) is 6.29 Å². The molecule has 11 heteroatoms. The highest BCUT2D eigenvalue weighted by molar-refractivity contribution is 7.99. The van der Waals surface area contributed by atoms with E-state index in [9.17, 15) is 19.8 Å². The molecule has 1 aliphatic heterocycles. The first-order valence-corrected chi connectivity index (χ1v) is 16.7. The number of aliphatic hydroxyl groups excluding tert-OH is 1. The lowest BCUT2D eigenvalue weighted by atomic mass is 9.91. The van der Waals surface area contributed by atoms with Crippen LogP contribution in [0.5, 0.6) is 11.5 Å². The van der Waals surface area contributed by atoms with Crippen molar-refractivity contribution in [2.75, 3.05) is 16.4 Å². The van der Waals surface area contributed by atoms with Crippen LogP contribution in [0.15, 0.2) is 126 Å². The van der Waals surface area contributed by atoms with Gasteiger partial charge in [-0.05, 0) is 71.8 Å². The van der Waals surface area contributed by atoms with Crippen LogP contribution in [-0.2, 0) is 16.1 Å². The van der Waals surface area contributed by atoms with Crippen molar-refractivity contribution in [2.45, 2.75) is 37.1 Å². The summed E-state index contributed by atoms with van der Waals surface area (Å²) in [7, 11) is 0. The van der Waals surface area contributed by atoms with Crippen molar-refractivity contribution in [3.8, 4) is 11.5 Å². The lowest BCUT2D eigenvalue weighted by molar-refractivity contribution is -0.268. The second-order valence-corrected chi connectivity index (χ2v) is 12.4. The van der Waals surface area contributed by atoms with Crippen LogP contribution in [0.25, 0.3) is 0 Å². The summed E-state index contributed by atoms with van der Waals surface area (Å²) in [5, 5.41) is 25.3. The largest absolute Gasteiger partial charge is 0.478 e. The molecule has 49 heavy (non-hydrogen) atoms. The number of hydrogen-bond acceptors (Lipinski definition) is 8. The number of ether oxygens (including phenoxy) is 3. The summed E-state index contributed by atoms with van der Waals surface area (Å²) < 4.78 is 18.9. The molecule has 0 radical (unpaired) electrons. The zero-order chi connectivity index (χ0) is 34.2. The molecule has 250 valence electrons. The summed E-state index contributed by atoms with van der Waals surface area (Å²) in [5.74, 6) is 0.640. The first-order chi connectivity index (χ1) is 23.9. The van der Waals surface area contributed by atoms with Gasteiger partial charge in [-0.25, -0.2) is 14.6 Å². The summed E-state index contributed by atoms with van der Waals surface area (Å²) in [6.07, 6.45) is 0.0766. The van der Waals surface area contributed by atoms with Crippen molar-refractivity contribution >= 4 is 35.1 Å². The number of carbonyl (C=O) groups is 2. The highest BCUT2D eigenvalue weighted by Gasteiger charge is 2.38. The highest BCUT2D eigenvalue weighted by atomic mass is 32.2. The minimum atomic E-state index is -1.04. The van der Waals surface area contributed by atoms with Crippen molar-refractivity contribution in [2.24, 2.45) is 5.92 Å². The van der Waals surface area contributed by atoms with Crippen LogP contribution < -0.4 is 15.4 Å². The smallest absolute Gasteiger partial charge is 0.338 e. The van der Waals surface area contributed by atoms with E-state index in [1.807, 2.05) is 73.7 Å². The third-order valence-corrected chi connectivity index (χ3v) is 9.11. The molecule has 1 aliphatic rings. The predicted molar refractivity (Wildman–Crippen MR) is 187 cm³/mol. The van der Waals surface area contributed by atoms with Crippen LogP contribution in [0.2, 0.25) is 0 Å². The van der Waals surface area contributed by atoms with Gasteiger partial charge >= 0.3 is 12.0 Å². The summed E-state index contributed by atoms with van der Waals surface area (Å²) in [6.45, 7) is 1.97. The number of pyridine rings is 1. The van der Waals surface area contributed by atoms with Crippen LogP contribution in [0, 0.1) is 5.92 Å². The monoisotopic (exact) mass is 677 g/mol. The van der Waals surface area contributed by atoms with Gasteiger partial charge < -0.3 is 35.1 Å². The van der Waals surface area contributed by atoms with Crippen molar-refractivity contribution in [1.82, 2.24) is 4.98 Å². The number of nitrogens with zero attached hydrogens (tertiary/aromatic N) is 1. The number of carboxylic acids is 1. The fourth-order valence-corrected chi connectivity index (χ4v) is 6.58. The average Bonchev–Trinajstić information content (AvgIpc) is 3.12. The average molecular weight is 678 g/mol. The Morgan fingerprint density at radius 2 is 1.55 bits per heavy atom. The van der Waals surface area contributed by atoms with Crippen molar-refractivity contribution in [1.29, 1.82) is 0 Å². The van der Waals surface area contributed by atoms with E-state index in [0.29, 0.717) is 33.5 Å². The van der Waals surface area contributed by atoms with E-state index in [4.69, 9.17) is 14.2 Å². The van der Waals surface area contributed by atoms with Gasteiger partial charge in [-0.15, -0.1) is 11.8 Å². The molecule has 10 nitrogen and oxygen atoms in total. The Morgan fingerprint density at radius 3 is 2.29 bits per heavy atom. The fourth-order valence-electron chi connectivity index (χ4n) is 5.43. The standard InChI is InChI=1S/C38H35N3O7S/c1-24-33(23-49-35-32(36(43)44)11-6-20-39-35)47-37(48-34(24)26-14-12-25(22-42)13-15-26)27-7-5-8-29(21-27)41-38(45)40-28-16-18-31(19-17-28)46-30-9-3-2-4-10-30/h2-21,24,33-34,37,42H,22-23H2,1H3,(H,43,44)(H2,40,41,45)/t24-,33+,34+,37+/m1/s1. The number of benzene rings is 4. The summed E-state index contributed by atoms with van der Waals surface area (Å²) in [6, 6.07) is 34.1. The molecule has 1 fully saturated rings. The Balaban J connectivity index is 1.16. The van der Waals surface area contributed by atoms with Gasteiger partial charge in [-0.2, -0.15) is 0 Å². The fraction of sp³-hybridized carbons (Fsp3) is 0.184. The zero-order valence-electron chi connectivity index (χ0n) is 26.6. The van der Waals surface area contributed by atoms with E-state index in [2.05, 4.69) is 15.6 Å². The number of carboxylic acid groups (broad SMARTS) is 1. The van der Waals surface area contributed by atoms with Crippen molar-refractivity contribution in [3.05, 3.63) is 144 Å². The number of thioether (sulfide) groups is 1. The number of nitrogens with one attached hydrogen (secondary N) is 2. The van der Waals surface area contributed by atoms with Crippen LogP contribution in [0.1, 0.15) is 46.4 Å². The van der Waals surface area contributed by atoms with Crippen LogP contribution >= 0.6 is 11.8 Å². The Morgan fingerprint density at radius 1 is 0.816 bits per heavy atom. The predicted octanol–water partition coefficient (Wildman–Crippen LogP) is 8.29. The highest BCUT2D eigenvalue weighted by Crippen LogP contribution is 2.43. The lowest BCUT2D eigenvalue weighted by Crippen LogP contribution is -2.38. The molecule has 4 atom stereocenters. The summed E-state index contributed by atoms with van der Waals surface area (Å²) >= 11 is 1.32. The third-order valence-electron chi connectivity index (χ3n) is 8.02. The number of para-hydroxylation sites is 1. The Kier molecular flexibility index (Phi) is 10.9. The number of rotatable bonds is 11. The second-order valence-electron chi connectivity index (χ2n) is 11.4. The number of carbonyl (C=O) groups excluding carboxylic acids is 1. The van der Waals surface area contributed by atoms with E-state index in [1.165, 1.54) is 17.8 Å². The van der Waals surface area contributed by atoms with Gasteiger partial charge in [-0.1, -0.05) is 61.5 Å².